The van der Waals surface area contributed by atoms with Gasteiger partial charge >= 0.3 is 0 Å². The zero-order valence-corrected chi connectivity index (χ0v) is 11.1. The van der Waals surface area contributed by atoms with Gasteiger partial charge in [0.25, 0.3) is 5.91 Å². The zero-order valence-electron chi connectivity index (χ0n) is 10.2. The molecule has 100 valence electrons. The molecule has 0 saturated carbocycles. The summed E-state index contributed by atoms with van der Waals surface area (Å²) in [6.07, 6.45) is 0.611. The molecule has 6 heteroatoms. The maximum Gasteiger partial charge on any atom is 0.251 e. The summed E-state index contributed by atoms with van der Waals surface area (Å²) in [5.41, 5.74) is 1.02. The first-order chi connectivity index (χ1) is 9.06. The summed E-state index contributed by atoms with van der Waals surface area (Å²) in [5, 5.41) is 5.54. The Morgan fingerprint density at radius 3 is 2.79 bits per heavy atom. The molecule has 1 heterocycles. The van der Waals surface area contributed by atoms with E-state index in [1.165, 1.54) is 6.07 Å². The highest BCUT2D eigenvalue weighted by Gasteiger charge is 2.09. The fourth-order valence-electron chi connectivity index (χ4n) is 1.57. The summed E-state index contributed by atoms with van der Waals surface area (Å²) >= 11 is 1.55. The van der Waals surface area contributed by atoms with E-state index < -0.39 is 17.5 Å². The van der Waals surface area contributed by atoms with E-state index in [1.54, 1.807) is 11.3 Å². The minimum absolute atomic E-state index is 0.105. The summed E-state index contributed by atoms with van der Waals surface area (Å²) in [4.78, 5) is 15.9. The van der Waals surface area contributed by atoms with Gasteiger partial charge in [0, 0.05) is 23.9 Å². The van der Waals surface area contributed by atoms with Gasteiger partial charge in [0.15, 0.2) is 11.6 Å². The van der Waals surface area contributed by atoms with E-state index in [1.807, 2.05) is 12.3 Å². The van der Waals surface area contributed by atoms with Crippen molar-refractivity contribution in [3.8, 4) is 0 Å². The fraction of sp³-hybridized carbons (Fsp3) is 0.231. The van der Waals surface area contributed by atoms with Crippen LogP contribution in [0.1, 0.15) is 21.1 Å². The number of aromatic nitrogens is 1. The molecule has 0 aliphatic carbocycles. The van der Waals surface area contributed by atoms with Crippen LogP contribution in [0, 0.1) is 18.6 Å². The molecule has 1 aromatic carbocycles. The second-order valence-electron chi connectivity index (χ2n) is 3.99. The number of amides is 1. The number of hydrogen-bond acceptors (Lipinski definition) is 3. The van der Waals surface area contributed by atoms with Gasteiger partial charge in [0.05, 0.1) is 10.7 Å². The molecule has 0 atom stereocenters. The summed E-state index contributed by atoms with van der Waals surface area (Å²) in [7, 11) is 0. The number of aryl methyl sites for hydroxylation is 1. The van der Waals surface area contributed by atoms with Gasteiger partial charge in [0.2, 0.25) is 0 Å². The van der Waals surface area contributed by atoms with Gasteiger partial charge in [-0.15, -0.1) is 11.3 Å². The van der Waals surface area contributed by atoms with Crippen molar-refractivity contribution in [2.24, 2.45) is 0 Å². The highest BCUT2D eigenvalue weighted by Crippen LogP contribution is 2.09. The molecule has 0 spiro atoms. The molecule has 2 rings (SSSR count). The largest absolute Gasteiger partial charge is 0.352 e. The van der Waals surface area contributed by atoms with Crippen molar-refractivity contribution in [2.45, 2.75) is 13.3 Å². The van der Waals surface area contributed by atoms with Crippen LogP contribution in [0.4, 0.5) is 8.78 Å². The van der Waals surface area contributed by atoms with Gasteiger partial charge in [-0.05, 0) is 25.1 Å². The first kappa shape index (κ1) is 13.6. The van der Waals surface area contributed by atoms with Crippen LogP contribution in [0.25, 0.3) is 0 Å². The molecule has 0 aliphatic heterocycles. The SMILES string of the molecule is Cc1nc(CCNC(=O)c2ccc(F)c(F)c2)cs1. The van der Waals surface area contributed by atoms with Crippen LogP contribution < -0.4 is 5.32 Å². The summed E-state index contributed by atoms with van der Waals surface area (Å²) < 4.78 is 25.7. The van der Waals surface area contributed by atoms with E-state index in [0.29, 0.717) is 13.0 Å². The lowest BCUT2D eigenvalue weighted by Gasteiger charge is -2.04. The van der Waals surface area contributed by atoms with Crippen LogP contribution in [0.2, 0.25) is 0 Å². The van der Waals surface area contributed by atoms with Crippen molar-refractivity contribution < 1.29 is 13.6 Å². The monoisotopic (exact) mass is 282 g/mol. The van der Waals surface area contributed by atoms with Crippen molar-refractivity contribution in [2.75, 3.05) is 6.54 Å². The van der Waals surface area contributed by atoms with Crippen molar-refractivity contribution in [1.29, 1.82) is 0 Å². The van der Waals surface area contributed by atoms with Crippen LogP contribution >= 0.6 is 11.3 Å². The standard InChI is InChI=1S/C13H12F2N2OS/c1-8-17-10(7-19-8)4-5-16-13(18)9-2-3-11(14)12(15)6-9/h2-3,6-7H,4-5H2,1H3,(H,16,18). The van der Waals surface area contributed by atoms with Gasteiger partial charge in [-0.25, -0.2) is 13.8 Å². The predicted octanol–water partition coefficient (Wildman–Crippen LogP) is 2.70. The van der Waals surface area contributed by atoms with Crippen LogP contribution in [0.5, 0.6) is 0 Å². The molecule has 0 saturated heterocycles. The maximum atomic E-state index is 13.0. The first-order valence-electron chi connectivity index (χ1n) is 5.70. The number of thiazole rings is 1. The molecule has 0 unspecified atom stereocenters. The number of rotatable bonds is 4. The Morgan fingerprint density at radius 2 is 2.16 bits per heavy atom. The topological polar surface area (TPSA) is 42.0 Å². The first-order valence-corrected chi connectivity index (χ1v) is 6.58. The molecule has 1 N–H and O–H groups in total. The minimum atomic E-state index is -1.03. The average molecular weight is 282 g/mol. The number of nitrogens with one attached hydrogen (secondary N) is 1. The lowest BCUT2D eigenvalue weighted by Crippen LogP contribution is -2.25. The Morgan fingerprint density at radius 1 is 1.37 bits per heavy atom. The Labute approximate surface area is 113 Å². The minimum Gasteiger partial charge on any atom is -0.352 e. The lowest BCUT2D eigenvalue weighted by molar-refractivity contribution is 0.0953. The number of nitrogens with zero attached hydrogens (tertiary/aromatic N) is 1. The molecule has 0 bridgehead atoms. The van der Waals surface area contributed by atoms with E-state index in [-0.39, 0.29) is 5.56 Å². The number of benzene rings is 1. The van der Waals surface area contributed by atoms with Crippen molar-refractivity contribution >= 4 is 17.2 Å². The molecule has 2 aromatic rings. The summed E-state index contributed by atoms with van der Waals surface area (Å²) in [5.74, 6) is -2.41. The molecule has 1 amide bonds. The number of hydrogen-bond donors (Lipinski definition) is 1. The maximum absolute atomic E-state index is 13.0. The van der Waals surface area contributed by atoms with Crippen molar-refractivity contribution in [3.05, 3.63) is 51.5 Å². The third-order valence-corrected chi connectivity index (χ3v) is 3.34. The number of carbonyl (C=O) groups excluding carboxylic acids is 1. The van der Waals surface area contributed by atoms with Gasteiger partial charge < -0.3 is 5.32 Å². The van der Waals surface area contributed by atoms with Crippen molar-refractivity contribution in [3.63, 3.8) is 0 Å². The molecule has 3 nitrogen and oxygen atoms in total. The van der Waals surface area contributed by atoms with E-state index in [2.05, 4.69) is 10.3 Å². The molecule has 19 heavy (non-hydrogen) atoms. The summed E-state index contributed by atoms with van der Waals surface area (Å²) in [6.45, 7) is 2.31. The second-order valence-corrected chi connectivity index (χ2v) is 5.05. The van der Waals surface area contributed by atoms with Gasteiger partial charge in [-0.1, -0.05) is 0 Å². The van der Waals surface area contributed by atoms with Crippen LogP contribution in [0.15, 0.2) is 23.6 Å². The molecular weight excluding hydrogens is 270 g/mol. The van der Waals surface area contributed by atoms with E-state index >= 15 is 0 Å². The normalized spacial score (nSPS) is 10.5. The Kier molecular flexibility index (Phi) is 4.21. The van der Waals surface area contributed by atoms with Gasteiger partial charge in [-0.2, -0.15) is 0 Å². The van der Waals surface area contributed by atoms with Crippen LogP contribution in [0.3, 0.4) is 0 Å². The Bertz CT molecular complexity index is 598. The Balaban J connectivity index is 1.89. The highest BCUT2D eigenvalue weighted by molar-refractivity contribution is 7.09. The van der Waals surface area contributed by atoms with E-state index in [9.17, 15) is 13.6 Å². The number of carbonyl (C=O) groups is 1. The highest BCUT2D eigenvalue weighted by atomic mass is 32.1. The van der Waals surface area contributed by atoms with Crippen LogP contribution in [-0.2, 0) is 6.42 Å². The van der Waals surface area contributed by atoms with Gasteiger partial charge in [-0.3, -0.25) is 4.79 Å². The molecule has 0 fully saturated rings. The van der Waals surface area contributed by atoms with E-state index in [4.69, 9.17) is 0 Å². The summed E-state index contributed by atoms with van der Waals surface area (Å²) in [6, 6.07) is 3.08. The van der Waals surface area contributed by atoms with E-state index in [0.717, 1.165) is 22.8 Å². The molecular formula is C13H12F2N2OS. The smallest absolute Gasteiger partial charge is 0.251 e. The molecule has 1 aromatic heterocycles. The zero-order chi connectivity index (χ0) is 13.8. The molecule has 0 radical (unpaired) electrons. The van der Waals surface area contributed by atoms with Crippen LogP contribution in [-0.4, -0.2) is 17.4 Å². The number of halogens is 2. The Hall–Kier alpha value is -1.82. The second kappa shape index (κ2) is 5.88. The molecule has 0 aliphatic rings. The van der Waals surface area contributed by atoms with Crippen molar-refractivity contribution in [1.82, 2.24) is 10.3 Å². The lowest BCUT2D eigenvalue weighted by atomic mass is 10.2. The fourth-order valence-corrected chi connectivity index (χ4v) is 2.21. The third kappa shape index (κ3) is 3.57. The third-order valence-electron chi connectivity index (χ3n) is 2.52. The average Bonchev–Trinajstić information content (AvgIpc) is 2.78. The van der Waals surface area contributed by atoms with Gasteiger partial charge in [0.1, 0.15) is 0 Å². The predicted molar refractivity (Wildman–Crippen MR) is 69.2 cm³/mol. The quantitative estimate of drug-likeness (QED) is 0.937.